The summed E-state index contributed by atoms with van der Waals surface area (Å²) >= 11 is 1.96. The SMILES string of the molecule is CC1=CC2CC(c3ccc(C4=NC5(CC5)C(=O)N4C[C@@H]4CCN(C(=O)C5CC5)C4)c(F)c3)=CCC2S1. The Morgan fingerprint density at radius 2 is 2.08 bits per heavy atom. The molecule has 0 aromatic heterocycles. The highest BCUT2D eigenvalue weighted by Crippen LogP contribution is 2.48. The van der Waals surface area contributed by atoms with Crippen molar-refractivity contribution < 1.29 is 14.0 Å². The first-order valence-electron chi connectivity index (χ1n) is 13.5. The lowest BCUT2D eigenvalue weighted by atomic mass is 9.85. The normalized spacial score (nSPS) is 30.4. The number of allylic oxidation sites excluding steroid dienone is 4. The number of hydrogen-bond donors (Lipinski definition) is 0. The van der Waals surface area contributed by atoms with Crippen molar-refractivity contribution in [1.29, 1.82) is 0 Å². The predicted octanol–water partition coefficient (Wildman–Crippen LogP) is 5.02. The van der Waals surface area contributed by atoms with Crippen molar-refractivity contribution in [2.75, 3.05) is 19.6 Å². The number of thioether (sulfide) groups is 1. The summed E-state index contributed by atoms with van der Waals surface area (Å²) in [6.07, 6.45) is 11.0. The predicted molar refractivity (Wildman–Crippen MR) is 140 cm³/mol. The third-order valence-electron chi connectivity index (χ3n) is 8.80. The van der Waals surface area contributed by atoms with Gasteiger partial charge in [0.25, 0.3) is 5.91 Å². The molecule has 3 fully saturated rings. The van der Waals surface area contributed by atoms with Gasteiger partial charge in [-0.3, -0.25) is 19.5 Å². The van der Waals surface area contributed by atoms with E-state index >= 15 is 4.39 Å². The van der Waals surface area contributed by atoms with Gasteiger partial charge in [0, 0.05) is 30.8 Å². The van der Waals surface area contributed by atoms with Crippen LogP contribution in [0.2, 0.25) is 0 Å². The quantitative estimate of drug-likeness (QED) is 0.565. The molecular weight excluding hydrogens is 473 g/mol. The summed E-state index contributed by atoms with van der Waals surface area (Å²) in [5.41, 5.74) is 1.88. The van der Waals surface area contributed by atoms with Crippen LogP contribution in [-0.4, -0.2) is 57.9 Å². The molecule has 2 unspecified atom stereocenters. The number of aliphatic imine (C=N–C) groups is 1. The number of benzene rings is 1. The second-order valence-corrected chi connectivity index (χ2v) is 13.0. The molecule has 1 aromatic rings. The molecule has 7 rings (SSSR count). The Bertz CT molecular complexity index is 1240. The number of hydrogen-bond acceptors (Lipinski definition) is 4. The molecule has 2 saturated carbocycles. The molecule has 0 bridgehead atoms. The lowest BCUT2D eigenvalue weighted by molar-refractivity contribution is -0.131. The largest absolute Gasteiger partial charge is 0.342 e. The van der Waals surface area contributed by atoms with Crippen molar-refractivity contribution in [1.82, 2.24) is 9.80 Å². The third kappa shape index (κ3) is 3.85. The topological polar surface area (TPSA) is 53.0 Å². The maximum Gasteiger partial charge on any atom is 0.256 e. The molecule has 7 heteroatoms. The summed E-state index contributed by atoms with van der Waals surface area (Å²) in [7, 11) is 0. The molecule has 1 spiro atoms. The number of likely N-dealkylation sites (tertiary alicyclic amines) is 1. The summed E-state index contributed by atoms with van der Waals surface area (Å²) in [6.45, 7) is 4.12. The van der Waals surface area contributed by atoms with Gasteiger partial charge in [-0.1, -0.05) is 18.2 Å². The Labute approximate surface area is 215 Å². The van der Waals surface area contributed by atoms with Crippen LogP contribution in [0, 0.1) is 23.6 Å². The van der Waals surface area contributed by atoms with Gasteiger partial charge in [0.1, 0.15) is 17.2 Å². The molecule has 0 radical (unpaired) electrons. The smallest absolute Gasteiger partial charge is 0.256 e. The Morgan fingerprint density at radius 3 is 2.83 bits per heavy atom. The van der Waals surface area contributed by atoms with Crippen LogP contribution >= 0.6 is 11.8 Å². The van der Waals surface area contributed by atoms with E-state index in [1.807, 2.05) is 28.8 Å². The summed E-state index contributed by atoms with van der Waals surface area (Å²) in [6, 6.07) is 5.45. The maximum atomic E-state index is 15.6. The first-order valence-corrected chi connectivity index (χ1v) is 14.3. The number of amides is 2. The van der Waals surface area contributed by atoms with Crippen LogP contribution in [-0.2, 0) is 9.59 Å². The van der Waals surface area contributed by atoms with Gasteiger partial charge in [-0.15, -0.1) is 11.8 Å². The molecule has 3 heterocycles. The van der Waals surface area contributed by atoms with E-state index in [1.54, 1.807) is 11.0 Å². The molecule has 3 aliphatic carbocycles. The fourth-order valence-electron chi connectivity index (χ4n) is 6.42. The van der Waals surface area contributed by atoms with E-state index in [2.05, 4.69) is 19.1 Å². The van der Waals surface area contributed by atoms with Crippen LogP contribution in [0.3, 0.4) is 0 Å². The number of nitrogens with zero attached hydrogens (tertiary/aromatic N) is 3. The molecule has 36 heavy (non-hydrogen) atoms. The standard InChI is InChI=1S/C29H32FN3O2S/c1-17-12-22-13-20(5-7-25(22)36-17)21-4-6-23(24(30)14-21)26-31-29(9-10-29)28(35)33(26)16-18-8-11-32(15-18)27(34)19-2-3-19/h4-6,12,14,18-19,22,25H,2-3,7-11,13,15-16H2,1H3/t18-,22?,25?/m1/s1. The fourth-order valence-corrected chi connectivity index (χ4v) is 7.69. The molecule has 3 aliphatic heterocycles. The number of carbonyl (C=O) groups is 2. The minimum absolute atomic E-state index is 0.00914. The number of rotatable bonds is 5. The lowest BCUT2D eigenvalue weighted by Crippen LogP contribution is -2.41. The van der Waals surface area contributed by atoms with Gasteiger partial charge in [-0.25, -0.2) is 4.39 Å². The summed E-state index contributed by atoms with van der Waals surface area (Å²) in [5, 5.41) is 0.617. The van der Waals surface area contributed by atoms with Crippen molar-refractivity contribution in [3.05, 3.63) is 52.2 Å². The zero-order valence-corrected chi connectivity index (χ0v) is 21.5. The number of halogens is 1. The number of amidine groups is 1. The molecule has 5 nitrogen and oxygen atoms in total. The van der Waals surface area contributed by atoms with Crippen LogP contribution in [0.4, 0.5) is 4.39 Å². The summed E-state index contributed by atoms with van der Waals surface area (Å²) in [4.78, 5) is 35.7. The molecule has 2 amide bonds. The molecule has 1 saturated heterocycles. The highest BCUT2D eigenvalue weighted by Gasteiger charge is 2.58. The van der Waals surface area contributed by atoms with Gasteiger partial charge < -0.3 is 4.90 Å². The fraction of sp³-hybridized carbons (Fsp3) is 0.552. The average molecular weight is 506 g/mol. The second-order valence-electron chi connectivity index (χ2n) is 11.6. The van der Waals surface area contributed by atoms with Gasteiger partial charge in [0.05, 0.1) is 5.56 Å². The van der Waals surface area contributed by atoms with Gasteiger partial charge in [0.2, 0.25) is 5.91 Å². The van der Waals surface area contributed by atoms with E-state index in [9.17, 15) is 9.59 Å². The van der Waals surface area contributed by atoms with E-state index in [4.69, 9.17) is 4.99 Å². The Hall–Kier alpha value is -2.41. The highest BCUT2D eigenvalue weighted by molar-refractivity contribution is 8.03. The summed E-state index contributed by atoms with van der Waals surface area (Å²) in [5.74, 6) is 1.40. The Balaban J connectivity index is 1.11. The van der Waals surface area contributed by atoms with E-state index < -0.39 is 5.54 Å². The van der Waals surface area contributed by atoms with Crippen LogP contribution in [0.5, 0.6) is 0 Å². The van der Waals surface area contributed by atoms with E-state index in [0.717, 1.165) is 57.1 Å². The van der Waals surface area contributed by atoms with E-state index in [0.29, 0.717) is 35.7 Å². The summed E-state index contributed by atoms with van der Waals surface area (Å²) < 4.78 is 15.6. The maximum absolute atomic E-state index is 15.6. The van der Waals surface area contributed by atoms with Crippen LogP contribution < -0.4 is 0 Å². The zero-order valence-electron chi connectivity index (χ0n) is 20.7. The van der Waals surface area contributed by atoms with Crippen molar-refractivity contribution in [2.45, 2.75) is 62.7 Å². The third-order valence-corrected chi connectivity index (χ3v) is 10.2. The zero-order chi connectivity index (χ0) is 24.6. The molecule has 6 aliphatic rings. The van der Waals surface area contributed by atoms with Crippen LogP contribution in [0.1, 0.15) is 63.0 Å². The molecule has 3 atom stereocenters. The monoisotopic (exact) mass is 505 g/mol. The van der Waals surface area contributed by atoms with Crippen molar-refractivity contribution in [3.8, 4) is 0 Å². The second kappa shape index (κ2) is 8.30. The van der Waals surface area contributed by atoms with Gasteiger partial charge in [-0.05, 0) is 91.9 Å². The van der Waals surface area contributed by atoms with Gasteiger partial charge in [-0.2, -0.15) is 0 Å². The number of carbonyl (C=O) groups excluding carboxylic acids is 2. The van der Waals surface area contributed by atoms with Gasteiger partial charge in [0.15, 0.2) is 0 Å². The van der Waals surface area contributed by atoms with Crippen molar-refractivity contribution >= 4 is 35.0 Å². The van der Waals surface area contributed by atoms with Crippen LogP contribution in [0.25, 0.3) is 5.57 Å². The number of fused-ring (bicyclic) bond motifs is 1. The average Bonchev–Trinajstić information content (AvgIpc) is 3.76. The minimum Gasteiger partial charge on any atom is -0.342 e. The van der Waals surface area contributed by atoms with Crippen LogP contribution in [0.15, 0.2) is 40.2 Å². The van der Waals surface area contributed by atoms with Gasteiger partial charge >= 0.3 is 0 Å². The highest BCUT2D eigenvalue weighted by atomic mass is 32.2. The minimum atomic E-state index is -0.673. The molecular formula is C29H32FN3O2S. The van der Waals surface area contributed by atoms with E-state index in [-0.39, 0.29) is 29.5 Å². The molecule has 0 N–H and O–H groups in total. The van der Waals surface area contributed by atoms with Crippen molar-refractivity contribution in [2.24, 2.45) is 22.7 Å². The van der Waals surface area contributed by atoms with Crippen molar-refractivity contribution in [3.63, 3.8) is 0 Å². The van der Waals surface area contributed by atoms with E-state index in [1.165, 1.54) is 10.5 Å². The Morgan fingerprint density at radius 1 is 1.25 bits per heavy atom. The lowest BCUT2D eigenvalue weighted by Gasteiger charge is -2.25. The Kier molecular flexibility index (Phi) is 5.25. The molecule has 188 valence electrons. The first-order chi connectivity index (χ1) is 17.4. The molecule has 1 aromatic carbocycles. The first kappa shape index (κ1) is 22.8.